The molecule has 0 aliphatic carbocycles. The summed E-state index contributed by atoms with van der Waals surface area (Å²) in [5.41, 5.74) is 4.85. The molecular formula is C16H20N2O2. The minimum Gasteiger partial charge on any atom is -0.493 e. The third-order valence-corrected chi connectivity index (χ3v) is 3.83. The molecule has 20 heavy (non-hydrogen) atoms. The highest BCUT2D eigenvalue weighted by Crippen LogP contribution is 2.25. The molecule has 0 atom stereocenters. The van der Waals surface area contributed by atoms with Crippen LogP contribution in [0.1, 0.15) is 28.1 Å². The summed E-state index contributed by atoms with van der Waals surface area (Å²) in [7, 11) is 0. The molecule has 0 saturated carbocycles. The van der Waals surface area contributed by atoms with E-state index in [1.165, 1.54) is 16.7 Å². The van der Waals surface area contributed by atoms with Gasteiger partial charge in [-0.05, 0) is 44.0 Å². The normalized spacial score (nSPS) is 13.3. The Morgan fingerprint density at radius 1 is 1.30 bits per heavy atom. The van der Waals surface area contributed by atoms with Crippen molar-refractivity contribution in [3.63, 3.8) is 0 Å². The fourth-order valence-corrected chi connectivity index (χ4v) is 2.60. The molecule has 2 heterocycles. The molecule has 0 radical (unpaired) electrons. The zero-order valence-corrected chi connectivity index (χ0v) is 12.0. The Morgan fingerprint density at radius 3 is 3.00 bits per heavy atom. The molecule has 1 aromatic carbocycles. The van der Waals surface area contributed by atoms with E-state index in [-0.39, 0.29) is 0 Å². The van der Waals surface area contributed by atoms with Crippen molar-refractivity contribution in [3.05, 3.63) is 46.3 Å². The van der Waals surface area contributed by atoms with Gasteiger partial charge in [0.1, 0.15) is 11.5 Å². The molecule has 1 N–H and O–H groups in total. The fourth-order valence-electron chi connectivity index (χ4n) is 2.60. The second-order valence-electron chi connectivity index (χ2n) is 5.27. The molecule has 4 nitrogen and oxygen atoms in total. The molecule has 0 saturated heterocycles. The number of ether oxygens (including phenoxy) is 1. The van der Waals surface area contributed by atoms with Crippen LogP contribution in [0.25, 0.3) is 0 Å². The zero-order chi connectivity index (χ0) is 13.9. The fraction of sp³-hybridized carbons (Fsp3) is 0.438. The van der Waals surface area contributed by atoms with E-state index < -0.39 is 0 Å². The van der Waals surface area contributed by atoms with Crippen LogP contribution in [0, 0.1) is 13.8 Å². The number of fused-ring (bicyclic) bond motifs is 1. The van der Waals surface area contributed by atoms with Crippen LogP contribution in [0.3, 0.4) is 0 Å². The van der Waals surface area contributed by atoms with Gasteiger partial charge >= 0.3 is 0 Å². The van der Waals surface area contributed by atoms with Crippen LogP contribution in [0.4, 0.5) is 0 Å². The lowest BCUT2D eigenvalue weighted by atomic mass is 10.1. The minimum absolute atomic E-state index is 0.815. The molecule has 0 unspecified atom stereocenters. The molecule has 0 spiro atoms. The molecular weight excluding hydrogens is 252 g/mol. The topological polar surface area (TPSA) is 47.3 Å². The van der Waals surface area contributed by atoms with E-state index in [4.69, 9.17) is 9.26 Å². The van der Waals surface area contributed by atoms with E-state index in [0.717, 1.165) is 49.7 Å². The number of rotatable bonds is 5. The van der Waals surface area contributed by atoms with Gasteiger partial charge in [-0.25, -0.2) is 0 Å². The number of aromatic nitrogens is 1. The molecule has 0 fully saturated rings. The van der Waals surface area contributed by atoms with Crippen LogP contribution in [0.5, 0.6) is 5.75 Å². The van der Waals surface area contributed by atoms with E-state index in [2.05, 4.69) is 28.7 Å². The molecule has 1 aliphatic rings. The minimum atomic E-state index is 0.815. The number of hydrogen-bond donors (Lipinski definition) is 1. The molecule has 1 aromatic heterocycles. The SMILES string of the molecule is Cc1noc(C)c1CNCCc1ccc2c(c1)CCO2. The standard InChI is InChI=1S/C16H20N2O2/c1-11-15(12(2)20-18-11)10-17-7-5-13-3-4-16-14(9-13)6-8-19-16/h3-4,9,17H,5-8,10H2,1-2H3. The van der Waals surface area contributed by atoms with Gasteiger partial charge in [0.05, 0.1) is 12.3 Å². The summed E-state index contributed by atoms with van der Waals surface area (Å²) in [4.78, 5) is 0. The molecule has 3 rings (SSSR count). The van der Waals surface area contributed by atoms with Crippen molar-refractivity contribution >= 4 is 0 Å². The van der Waals surface area contributed by atoms with Gasteiger partial charge in [-0.1, -0.05) is 17.3 Å². The number of nitrogens with one attached hydrogen (secondary N) is 1. The quantitative estimate of drug-likeness (QED) is 0.850. The molecule has 1 aliphatic heterocycles. The van der Waals surface area contributed by atoms with Crippen molar-refractivity contribution in [2.45, 2.75) is 33.2 Å². The zero-order valence-electron chi connectivity index (χ0n) is 12.0. The van der Waals surface area contributed by atoms with Gasteiger partial charge in [0, 0.05) is 18.5 Å². The van der Waals surface area contributed by atoms with E-state index in [1.807, 2.05) is 13.8 Å². The summed E-state index contributed by atoms with van der Waals surface area (Å²) >= 11 is 0. The number of benzene rings is 1. The monoisotopic (exact) mass is 272 g/mol. The average Bonchev–Trinajstić information content (AvgIpc) is 3.03. The molecule has 0 amide bonds. The highest BCUT2D eigenvalue weighted by Gasteiger charge is 2.12. The Morgan fingerprint density at radius 2 is 2.20 bits per heavy atom. The van der Waals surface area contributed by atoms with E-state index in [0.29, 0.717) is 0 Å². The van der Waals surface area contributed by atoms with E-state index in [9.17, 15) is 0 Å². The van der Waals surface area contributed by atoms with Crippen molar-refractivity contribution in [2.75, 3.05) is 13.2 Å². The van der Waals surface area contributed by atoms with E-state index in [1.54, 1.807) is 0 Å². The van der Waals surface area contributed by atoms with Crippen LogP contribution in [-0.2, 0) is 19.4 Å². The van der Waals surface area contributed by atoms with Crippen LogP contribution >= 0.6 is 0 Å². The second kappa shape index (κ2) is 5.67. The van der Waals surface area contributed by atoms with Crippen molar-refractivity contribution in [1.82, 2.24) is 10.5 Å². The summed E-state index contributed by atoms with van der Waals surface area (Å²) in [5.74, 6) is 1.96. The number of nitrogens with zero attached hydrogens (tertiary/aromatic N) is 1. The van der Waals surface area contributed by atoms with Gasteiger partial charge in [0.25, 0.3) is 0 Å². The largest absolute Gasteiger partial charge is 0.493 e. The maximum atomic E-state index is 5.52. The summed E-state index contributed by atoms with van der Waals surface area (Å²) in [6.45, 7) is 6.52. The van der Waals surface area contributed by atoms with Gasteiger partial charge in [-0.3, -0.25) is 0 Å². The summed E-state index contributed by atoms with van der Waals surface area (Å²) in [6.07, 6.45) is 2.06. The van der Waals surface area contributed by atoms with Gasteiger partial charge in [-0.2, -0.15) is 0 Å². The van der Waals surface area contributed by atoms with Gasteiger partial charge in [0.15, 0.2) is 0 Å². The van der Waals surface area contributed by atoms with Gasteiger partial charge in [0.2, 0.25) is 0 Å². The van der Waals surface area contributed by atoms with E-state index >= 15 is 0 Å². The third kappa shape index (κ3) is 2.70. The Hall–Kier alpha value is -1.81. The first-order valence-electron chi connectivity index (χ1n) is 7.11. The van der Waals surface area contributed by atoms with Crippen molar-refractivity contribution in [3.8, 4) is 5.75 Å². The third-order valence-electron chi connectivity index (χ3n) is 3.83. The first kappa shape index (κ1) is 13.2. The predicted molar refractivity (Wildman–Crippen MR) is 77.0 cm³/mol. The molecule has 2 aromatic rings. The average molecular weight is 272 g/mol. The maximum Gasteiger partial charge on any atom is 0.138 e. The maximum absolute atomic E-state index is 5.52. The summed E-state index contributed by atoms with van der Waals surface area (Å²) in [5, 5.41) is 7.42. The van der Waals surface area contributed by atoms with Gasteiger partial charge < -0.3 is 14.6 Å². The Balaban J connectivity index is 1.51. The van der Waals surface area contributed by atoms with Crippen LogP contribution < -0.4 is 10.1 Å². The summed E-state index contributed by atoms with van der Waals surface area (Å²) in [6, 6.07) is 6.51. The first-order chi connectivity index (χ1) is 9.74. The Kier molecular flexibility index (Phi) is 3.74. The highest BCUT2D eigenvalue weighted by atomic mass is 16.5. The lowest BCUT2D eigenvalue weighted by Crippen LogP contribution is -2.17. The van der Waals surface area contributed by atoms with Crippen LogP contribution in [-0.4, -0.2) is 18.3 Å². The smallest absolute Gasteiger partial charge is 0.138 e. The Labute approximate surface area is 119 Å². The van der Waals surface area contributed by atoms with Crippen molar-refractivity contribution in [2.24, 2.45) is 0 Å². The number of hydrogen-bond acceptors (Lipinski definition) is 4. The Bertz CT molecular complexity index is 585. The first-order valence-corrected chi connectivity index (χ1v) is 7.11. The lowest BCUT2D eigenvalue weighted by Gasteiger charge is -2.06. The molecule has 106 valence electrons. The molecule has 4 heteroatoms. The van der Waals surface area contributed by atoms with Crippen molar-refractivity contribution in [1.29, 1.82) is 0 Å². The van der Waals surface area contributed by atoms with Gasteiger partial charge in [-0.15, -0.1) is 0 Å². The van der Waals surface area contributed by atoms with Crippen molar-refractivity contribution < 1.29 is 9.26 Å². The highest BCUT2D eigenvalue weighted by molar-refractivity contribution is 5.39. The second-order valence-corrected chi connectivity index (χ2v) is 5.27. The summed E-state index contributed by atoms with van der Waals surface area (Å²) < 4.78 is 10.7. The lowest BCUT2D eigenvalue weighted by molar-refractivity contribution is 0.357. The number of aryl methyl sites for hydroxylation is 2. The van der Waals surface area contributed by atoms with Crippen LogP contribution in [0.2, 0.25) is 0 Å². The van der Waals surface area contributed by atoms with Crippen LogP contribution in [0.15, 0.2) is 22.7 Å². The predicted octanol–water partition coefficient (Wildman–Crippen LogP) is 2.56. The molecule has 0 bridgehead atoms.